The van der Waals surface area contributed by atoms with Crippen molar-refractivity contribution in [1.82, 2.24) is 9.80 Å². The van der Waals surface area contributed by atoms with Crippen LogP contribution in [0.3, 0.4) is 0 Å². The van der Waals surface area contributed by atoms with Gasteiger partial charge in [-0.05, 0) is 63.5 Å². The molecule has 1 atom stereocenters. The molecule has 0 saturated carbocycles. The molecule has 2 amide bonds. The largest absolute Gasteiger partial charge is 0.326 e. The summed E-state index contributed by atoms with van der Waals surface area (Å²) in [6.07, 6.45) is 5.02. The molecule has 6 heteroatoms. The van der Waals surface area contributed by atoms with E-state index in [-0.39, 0.29) is 11.8 Å². The Hall–Kier alpha value is -1.92. The second kappa shape index (κ2) is 8.45. The molecule has 2 fully saturated rings. The number of amides is 2. The minimum Gasteiger partial charge on any atom is -0.326 e. The molecule has 0 aliphatic carbocycles. The predicted octanol–water partition coefficient (Wildman–Crippen LogP) is 2.14. The van der Waals surface area contributed by atoms with Crippen molar-refractivity contribution in [1.29, 1.82) is 0 Å². The van der Waals surface area contributed by atoms with Gasteiger partial charge in [-0.1, -0.05) is 6.07 Å². The molecule has 136 valence electrons. The Balaban J connectivity index is 1.51. The van der Waals surface area contributed by atoms with Crippen LogP contribution >= 0.6 is 0 Å². The van der Waals surface area contributed by atoms with Gasteiger partial charge in [0.05, 0.1) is 6.54 Å². The zero-order valence-electron chi connectivity index (χ0n) is 15.0. The highest BCUT2D eigenvalue weighted by Gasteiger charge is 2.27. The molecule has 2 aliphatic heterocycles. The fraction of sp³-hybridized carbons (Fsp3) is 0.579. The molecule has 1 aromatic rings. The second-order valence-electron chi connectivity index (χ2n) is 7.08. The summed E-state index contributed by atoms with van der Waals surface area (Å²) in [7, 11) is 0. The zero-order chi connectivity index (χ0) is 17.6. The van der Waals surface area contributed by atoms with Gasteiger partial charge in [-0.2, -0.15) is 0 Å². The number of hydrogen-bond acceptors (Lipinski definition) is 4. The standard InChI is InChI=1S/C19H28N4O2/c1-15(24)20-16-6-4-7-17(12-16)21-19(25)14-22-9-5-8-18(13-22)23-10-2-3-11-23/h4,6-7,12,18H,2-3,5,8-11,13-14H2,1H3,(H,20,24)(H,21,25). The number of nitrogens with zero attached hydrogens (tertiary/aromatic N) is 2. The molecule has 3 rings (SSSR count). The lowest BCUT2D eigenvalue weighted by Crippen LogP contribution is -2.48. The Morgan fingerprint density at radius 1 is 1.08 bits per heavy atom. The van der Waals surface area contributed by atoms with E-state index in [1.54, 1.807) is 6.07 Å². The predicted molar refractivity (Wildman–Crippen MR) is 99.6 cm³/mol. The first-order valence-corrected chi connectivity index (χ1v) is 9.24. The number of rotatable bonds is 5. The number of anilines is 2. The lowest BCUT2D eigenvalue weighted by atomic mass is 10.0. The van der Waals surface area contributed by atoms with Crippen molar-refractivity contribution in [3.05, 3.63) is 24.3 Å². The van der Waals surface area contributed by atoms with Crippen LogP contribution in [0, 0.1) is 0 Å². The molecule has 6 nitrogen and oxygen atoms in total. The van der Waals surface area contributed by atoms with Gasteiger partial charge < -0.3 is 10.6 Å². The van der Waals surface area contributed by atoms with Gasteiger partial charge in [0.15, 0.2) is 0 Å². The third-order valence-electron chi connectivity index (χ3n) is 4.97. The monoisotopic (exact) mass is 344 g/mol. The van der Waals surface area contributed by atoms with Gasteiger partial charge in [0.2, 0.25) is 11.8 Å². The summed E-state index contributed by atoms with van der Waals surface area (Å²) in [5.74, 6) is -0.119. The maximum absolute atomic E-state index is 12.4. The Labute approximate surface area is 149 Å². The molecule has 0 spiro atoms. The highest BCUT2D eigenvalue weighted by molar-refractivity contribution is 5.94. The number of likely N-dealkylation sites (tertiary alicyclic amines) is 2. The van der Waals surface area contributed by atoms with E-state index in [1.807, 2.05) is 18.2 Å². The summed E-state index contributed by atoms with van der Waals surface area (Å²) in [5.41, 5.74) is 1.40. The van der Waals surface area contributed by atoms with E-state index in [2.05, 4.69) is 20.4 Å². The molecular formula is C19H28N4O2. The van der Waals surface area contributed by atoms with Crippen molar-refractivity contribution in [2.45, 2.75) is 38.6 Å². The van der Waals surface area contributed by atoms with Gasteiger partial charge >= 0.3 is 0 Å². The van der Waals surface area contributed by atoms with E-state index in [1.165, 1.54) is 39.3 Å². The summed E-state index contributed by atoms with van der Waals surface area (Å²) >= 11 is 0. The Bertz CT molecular complexity index is 613. The molecule has 1 aromatic carbocycles. The highest BCUT2D eigenvalue weighted by atomic mass is 16.2. The van der Waals surface area contributed by atoms with Gasteiger partial charge in [0, 0.05) is 30.9 Å². The van der Waals surface area contributed by atoms with Crippen molar-refractivity contribution in [2.75, 3.05) is 43.4 Å². The quantitative estimate of drug-likeness (QED) is 0.859. The number of piperidine rings is 1. The van der Waals surface area contributed by atoms with Gasteiger partial charge in [-0.15, -0.1) is 0 Å². The first-order chi connectivity index (χ1) is 12.1. The van der Waals surface area contributed by atoms with Gasteiger partial charge in [-0.25, -0.2) is 0 Å². The van der Waals surface area contributed by atoms with Crippen LogP contribution in [0.4, 0.5) is 11.4 Å². The SMILES string of the molecule is CC(=O)Nc1cccc(NC(=O)CN2CCCC(N3CCCC3)C2)c1. The molecule has 25 heavy (non-hydrogen) atoms. The fourth-order valence-electron chi connectivity index (χ4n) is 3.86. The number of nitrogens with one attached hydrogen (secondary N) is 2. The smallest absolute Gasteiger partial charge is 0.238 e. The summed E-state index contributed by atoms with van der Waals surface area (Å²) in [5, 5.41) is 5.67. The van der Waals surface area contributed by atoms with Crippen molar-refractivity contribution in [2.24, 2.45) is 0 Å². The molecule has 0 bridgehead atoms. The van der Waals surface area contributed by atoms with Crippen molar-refractivity contribution in [3.63, 3.8) is 0 Å². The van der Waals surface area contributed by atoms with E-state index >= 15 is 0 Å². The average Bonchev–Trinajstić information content (AvgIpc) is 3.09. The third-order valence-corrected chi connectivity index (χ3v) is 4.97. The van der Waals surface area contributed by atoms with Gasteiger partial charge in [0.1, 0.15) is 0 Å². The first kappa shape index (κ1) is 17.9. The second-order valence-corrected chi connectivity index (χ2v) is 7.08. The topological polar surface area (TPSA) is 64.7 Å². The summed E-state index contributed by atoms with van der Waals surface area (Å²) in [6, 6.07) is 7.86. The van der Waals surface area contributed by atoms with Crippen LogP contribution in [-0.4, -0.2) is 60.4 Å². The molecule has 2 saturated heterocycles. The molecule has 2 heterocycles. The van der Waals surface area contributed by atoms with E-state index < -0.39 is 0 Å². The average molecular weight is 344 g/mol. The number of benzene rings is 1. The maximum Gasteiger partial charge on any atom is 0.238 e. The minimum absolute atomic E-state index is 0.00190. The third kappa shape index (κ3) is 5.28. The van der Waals surface area contributed by atoms with E-state index in [4.69, 9.17) is 0 Å². The van der Waals surface area contributed by atoms with Crippen LogP contribution in [0.25, 0.3) is 0 Å². The summed E-state index contributed by atoms with van der Waals surface area (Å²) in [4.78, 5) is 28.4. The molecular weight excluding hydrogens is 316 g/mol. The lowest BCUT2D eigenvalue weighted by molar-refractivity contribution is -0.118. The Kier molecular flexibility index (Phi) is 6.04. The molecule has 0 aromatic heterocycles. The van der Waals surface area contributed by atoms with E-state index in [0.717, 1.165) is 19.5 Å². The molecule has 2 N–H and O–H groups in total. The van der Waals surface area contributed by atoms with Crippen LogP contribution in [0.5, 0.6) is 0 Å². The number of carbonyl (C=O) groups excluding carboxylic acids is 2. The normalized spacial score (nSPS) is 21.9. The van der Waals surface area contributed by atoms with Crippen LogP contribution in [0.15, 0.2) is 24.3 Å². The molecule has 2 aliphatic rings. The first-order valence-electron chi connectivity index (χ1n) is 9.24. The molecule has 0 radical (unpaired) electrons. The maximum atomic E-state index is 12.4. The van der Waals surface area contributed by atoms with Crippen LogP contribution in [0.1, 0.15) is 32.6 Å². The minimum atomic E-state index is -0.121. The Morgan fingerprint density at radius 3 is 2.52 bits per heavy atom. The van der Waals surface area contributed by atoms with E-state index in [0.29, 0.717) is 24.0 Å². The van der Waals surface area contributed by atoms with Crippen LogP contribution < -0.4 is 10.6 Å². The summed E-state index contributed by atoms with van der Waals surface area (Å²) < 4.78 is 0. The summed E-state index contributed by atoms with van der Waals surface area (Å²) in [6.45, 7) is 6.29. The van der Waals surface area contributed by atoms with Crippen molar-refractivity contribution >= 4 is 23.2 Å². The lowest BCUT2D eigenvalue weighted by Gasteiger charge is -2.37. The zero-order valence-corrected chi connectivity index (χ0v) is 15.0. The highest BCUT2D eigenvalue weighted by Crippen LogP contribution is 2.20. The van der Waals surface area contributed by atoms with Crippen LogP contribution in [0.2, 0.25) is 0 Å². The number of hydrogen-bond donors (Lipinski definition) is 2. The van der Waals surface area contributed by atoms with Crippen molar-refractivity contribution < 1.29 is 9.59 Å². The van der Waals surface area contributed by atoms with Gasteiger partial charge in [0.25, 0.3) is 0 Å². The van der Waals surface area contributed by atoms with Gasteiger partial charge in [-0.3, -0.25) is 19.4 Å². The van der Waals surface area contributed by atoms with E-state index in [9.17, 15) is 9.59 Å². The van der Waals surface area contributed by atoms with Crippen LogP contribution in [-0.2, 0) is 9.59 Å². The fourth-order valence-corrected chi connectivity index (χ4v) is 3.86. The van der Waals surface area contributed by atoms with Crippen molar-refractivity contribution in [3.8, 4) is 0 Å². The number of carbonyl (C=O) groups is 2. The Morgan fingerprint density at radius 2 is 1.80 bits per heavy atom. The molecule has 1 unspecified atom stereocenters.